The second-order valence-electron chi connectivity index (χ2n) is 6.93. The van der Waals surface area contributed by atoms with Gasteiger partial charge in [-0.15, -0.1) is 5.10 Å². The normalized spacial score (nSPS) is 10.7. The summed E-state index contributed by atoms with van der Waals surface area (Å²) in [7, 11) is 0. The Labute approximate surface area is 194 Å². The van der Waals surface area contributed by atoms with Crippen molar-refractivity contribution in [2.75, 3.05) is 6.61 Å². The van der Waals surface area contributed by atoms with Crippen molar-refractivity contribution in [3.05, 3.63) is 99.8 Å². The Hall–Kier alpha value is -3.48. The lowest BCUT2D eigenvalue weighted by Crippen LogP contribution is -2.15. The van der Waals surface area contributed by atoms with E-state index in [0.29, 0.717) is 32.7 Å². The van der Waals surface area contributed by atoms with E-state index < -0.39 is 12.6 Å². The van der Waals surface area contributed by atoms with Gasteiger partial charge < -0.3 is 4.74 Å². The van der Waals surface area contributed by atoms with Crippen molar-refractivity contribution in [2.24, 2.45) is 0 Å². The van der Waals surface area contributed by atoms with Gasteiger partial charge in [0.1, 0.15) is 0 Å². The maximum atomic E-state index is 12.7. The average molecular weight is 466 g/mol. The van der Waals surface area contributed by atoms with Crippen molar-refractivity contribution >= 4 is 35.0 Å². The quantitative estimate of drug-likeness (QED) is 0.274. The van der Waals surface area contributed by atoms with Crippen LogP contribution < -0.4 is 0 Å². The highest BCUT2D eigenvalue weighted by atomic mass is 35.5. The Morgan fingerprint density at radius 1 is 0.938 bits per heavy atom. The Morgan fingerprint density at radius 3 is 2.38 bits per heavy atom. The van der Waals surface area contributed by atoms with Crippen LogP contribution in [0.2, 0.25) is 10.0 Å². The van der Waals surface area contributed by atoms with Crippen LogP contribution in [0.5, 0.6) is 0 Å². The molecule has 0 aliphatic carbocycles. The van der Waals surface area contributed by atoms with E-state index >= 15 is 0 Å². The molecule has 160 valence electrons. The maximum absolute atomic E-state index is 12.7. The second kappa shape index (κ2) is 9.34. The molecule has 0 aliphatic heterocycles. The summed E-state index contributed by atoms with van der Waals surface area (Å²) < 4.78 is 6.71. The van der Waals surface area contributed by atoms with E-state index in [4.69, 9.17) is 27.9 Å². The molecule has 3 aromatic carbocycles. The van der Waals surface area contributed by atoms with Crippen LogP contribution >= 0.6 is 23.2 Å². The molecule has 0 saturated carbocycles. The van der Waals surface area contributed by atoms with Gasteiger partial charge in [-0.25, -0.2) is 14.5 Å². The van der Waals surface area contributed by atoms with E-state index in [1.807, 2.05) is 13.0 Å². The number of esters is 1. The first-order valence-corrected chi connectivity index (χ1v) is 10.4. The lowest BCUT2D eigenvalue weighted by molar-refractivity contribution is 0.0462. The summed E-state index contributed by atoms with van der Waals surface area (Å²) >= 11 is 12.3. The van der Waals surface area contributed by atoms with E-state index in [2.05, 4.69) is 10.1 Å². The number of carbonyl (C=O) groups excluding carboxylic acids is 2. The third-order valence-corrected chi connectivity index (χ3v) is 5.45. The highest BCUT2D eigenvalue weighted by Gasteiger charge is 2.22. The molecule has 4 rings (SSSR count). The van der Waals surface area contributed by atoms with E-state index in [1.54, 1.807) is 66.7 Å². The molecule has 0 amide bonds. The van der Waals surface area contributed by atoms with Gasteiger partial charge in [0.15, 0.2) is 18.2 Å². The van der Waals surface area contributed by atoms with Gasteiger partial charge in [-0.2, -0.15) is 0 Å². The minimum absolute atomic E-state index is 0.171. The average Bonchev–Trinajstić information content (AvgIpc) is 3.25. The molecule has 6 nitrogen and oxygen atoms in total. The Kier molecular flexibility index (Phi) is 6.35. The minimum Gasteiger partial charge on any atom is -0.451 e. The molecule has 0 aliphatic rings. The molecular formula is C24H17Cl2N3O3. The first-order chi connectivity index (χ1) is 15.4. The van der Waals surface area contributed by atoms with Gasteiger partial charge >= 0.3 is 5.97 Å². The number of rotatable bonds is 6. The van der Waals surface area contributed by atoms with Crippen LogP contribution in [0.3, 0.4) is 0 Å². The van der Waals surface area contributed by atoms with Crippen molar-refractivity contribution in [3.8, 4) is 17.1 Å². The summed E-state index contributed by atoms with van der Waals surface area (Å²) in [5, 5.41) is 5.48. The van der Waals surface area contributed by atoms with E-state index in [9.17, 15) is 9.59 Å². The molecule has 0 atom stereocenters. The van der Waals surface area contributed by atoms with Gasteiger partial charge in [-0.1, -0.05) is 59.6 Å². The van der Waals surface area contributed by atoms with Gasteiger partial charge in [-0.3, -0.25) is 4.79 Å². The fourth-order valence-electron chi connectivity index (χ4n) is 3.08. The topological polar surface area (TPSA) is 74.1 Å². The number of aromatic nitrogens is 3. The number of Topliss-reactive ketones (excluding diaryl/α,β-unsaturated/α-hetero) is 1. The van der Waals surface area contributed by atoms with Crippen LogP contribution in [0.1, 0.15) is 26.5 Å². The summed E-state index contributed by atoms with van der Waals surface area (Å²) in [4.78, 5) is 29.3. The Morgan fingerprint density at radius 2 is 1.66 bits per heavy atom. The predicted octanol–water partition coefficient (Wildman–Crippen LogP) is 5.59. The van der Waals surface area contributed by atoms with Crippen LogP contribution in [0.15, 0.2) is 72.8 Å². The molecule has 0 saturated heterocycles. The molecular weight excluding hydrogens is 449 g/mol. The molecule has 0 radical (unpaired) electrons. The van der Waals surface area contributed by atoms with Crippen molar-refractivity contribution in [3.63, 3.8) is 0 Å². The minimum atomic E-state index is -0.803. The van der Waals surface area contributed by atoms with Gasteiger partial charge in [0.2, 0.25) is 0 Å². The number of benzene rings is 3. The van der Waals surface area contributed by atoms with Gasteiger partial charge in [0.25, 0.3) is 5.82 Å². The summed E-state index contributed by atoms with van der Waals surface area (Å²) in [6.07, 6.45) is 0. The smallest absolute Gasteiger partial charge is 0.378 e. The summed E-state index contributed by atoms with van der Waals surface area (Å²) in [6.45, 7) is 1.44. The molecule has 32 heavy (non-hydrogen) atoms. The number of nitrogens with zero attached hydrogens (tertiary/aromatic N) is 3. The van der Waals surface area contributed by atoms with Crippen LogP contribution in [-0.2, 0) is 4.74 Å². The summed E-state index contributed by atoms with van der Waals surface area (Å²) in [5.41, 5.74) is 2.58. The Bertz CT molecular complexity index is 1290. The molecule has 0 unspecified atom stereocenters. The van der Waals surface area contributed by atoms with Gasteiger partial charge in [-0.05, 0) is 48.9 Å². The molecule has 8 heteroatoms. The lowest BCUT2D eigenvalue weighted by atomic mass is 10.1. The van der Waals surface area contributed by atoms with Crippen molar-refractivity contribution in [2.45, 2.75) is 6.92 Å². The van der Waals surface area contributed by atoms with E-state index in [0.717, 1.165) is 5.56 Å². The van der Waals surface area contributed by atoms with Crippen molar-refractivity contribution < 1.29 is 14.3 Å². The molecule has 0 fully saturated rings. The largest absolute Gasteiger partial charge is 0.451 e. The SMILES string of the molecule is Cc1c(Cl)cccc1-n1nc(C(=O)OCC(=O)c2ccccc2)nc1-c1ccc(Cl)cc1. The Balaban J connectivity index is 1.67. The highest BCUT2D eigenvalue weighted by Crippen LogP contribution is 2.27. The molecule has 0 bridgehead atoms. The monoisotopic (exact) mass is 465 g/mol. The third kappa shape index (κ3) is 4.56. The zero-order chi connectivity index (χ0) is 22.7. The predicted molar refractivity (Wildman–Crippen MR) is 123 cm³/mol. The van der Waals surface area contributed by atoms with Crippen LogP contribution in [0.25, 0.3) is 17.1 Å². The summed E-state index contributed by atoms with van der Waals surface area (Å²) in [5.74, 6) is -0.881. The van der Waals surface area contributed by atoms with Crippen molar-refractivity contribution in [1.82, 2.24) is 14.8 Å². The number of hydrogen-bond donors (Lipinski definition) is 0. The molecule has 1 aromatic heterocycles. The number of carbonyl (C=O) groups is 2. The third-order valence-electron chi connectivity index (χ3n) is 4.79. The lowest BCUT2D eigenvalue weighted by Gasteiger charge is -2.10. The molecule has 1 heterocycles. The van der Waals surface area contributed by atoms with E-state index in [-0.39, 0.29) is 11.6 Å². The number of ether oxygens (including phenoxy) is 1. The molecule has 4 aromatic rings. The van der Waals surface area contributed by atoms with Crippen LogP contribution in [0, 0.1) is 6.92 Å². The first kappa shape index (κ1) is 21.7. The zero-order valence-corrected chi connectivity index (χ0v) is 18.5. The highest BCUT2D eigenvalue weighted by molar-refractivity contribution is 6.31. The van der Waals surface area contributed by atoms with Gasteiger partial charge in [0, 0.05) is 21.2 Å². The van der Waals surface area contributed by atoms with Gasteiger partial charge in [0.05, 0.1) is 5.69 Å². The second-order valence-corrected chi connectivity index (χ2v) is 7.77. The fraction of sp³-hybridized carbons (Fsp3) is 0.0833. The number of hydrogen-bond acceptors (Lipinski definition) is 5. The number of halogens is 2. The fourth-order valence-corrected chi connectivity index (χ4v) is 3.38. The number of ketones is 1. The summed E-state index contributed by atoms with van der Waals surface area (Å²) in [6, 6.07) is 21.0. The first-order valence-electron chi connectivity index (χ1n) is 9.68. The zero-order valence-electron chi connectivity index (χ0n) is 17.0. The van der Waals surface area contributed by atoms with Crippen LogP contribution in [-0.4, -0.2) is 33.1 Å². The maximum Gasteiger partial charge on any atom is 0.378 e. The van der Waals surface area contributed by atoms with E-state index in [1.165, 1.54) is 4.68 Å². The van der Waals surface area contributed by atoms with Crippen LogP contribution in [0.4, 0.5) is 0 Å². The van der Waals surface area contributed by atoms with Crippen molar-refractivity contribution in [1.29, 1.82) is 0 Å². The molecule has 0 spiro atoms. The standard InChI is InChI=1S/C24H17Cl2N3O3/c1-15-19(26)8-5-9-20(15)29-23(17-10-12-18(25)13-11-17)27-22(28-29)24(31)32-14-21(30)16-6-3-2-4-7-16/h2-13H,14H2,1H3. The molecule has 0 N–H and O–H groups in total.